The van der Waals surface area contributed by atoms with Gasteiger partial charge in [-0.2, -0.15) is 0 Å². The Morgan fingerprint density at radius 1 is 0.567 bits per heavy atom. The van der Waals surface area contributed by atoms with Crippen LogP contribution >= 0.6 is 0 Å². The highest BCUT2D eigenvalue weighted by Gasteiger charge is 2.11. The van der Waals surface area contributed by atoms with Crippen LogP contribution in [0.3, 0.4) is 0 Å². The number of rotatable bonds is 9. The van der Waals surface area contributed by atoms with E-state index in [0.717, 1.165) is 77.2 Å². The van der Waals surface area contributed by atoms with Gasteiger partial charge in [0.25, 0.3) is 0 Å². The van der Waals surface area contributed by atoms with E-state index in [2.05, 4.69) is 34.1 Å². The molecule has 0 unspecified atom stereocenters. The molecule has 6 nitrogen and oxygen atoms in total. The Balaban J connectivity index is 1.20. The fourth-order valence-corrected chi connectivity index (χ4v) is 3.72. The smallest absolute Gasteiger partial charge is 0.119 e. The summed E-state index contributed by atoms with van der Waals surface area (Å²) in [6.45, 7) is 10.6. The lowest BCUT2D eigenvalue weighted by Crippen LogP contribution is -2.38. The van der Waals surface area contributed by atoms with Crippen LogP contribution in [0.4, 0.5) is 0 Å². The van der Waals surface area contributed by atoms with Gasteiger partial charge < -0.3 is 18.9 Å². The van der Waals surface area contributed by atoms with E-state index in [0.29, 0.717) is 13.2 Å². The molecule has 0 atom stereocenters. The zero-order valence-electron chi connectivity index (χ0n) is 17.6. The van der Waals surface area contributed by atoms with Gasteiger partial charge in [0.05, 0.1) is 26.4 Å². The number of nitrogens with zero attached hydrogens (tertiary/aromatic N) is 2. The highest BCUT2D eigenvalue weighted by molar-refractivity contribution is 5.64. The topological polar surface area (TPSA) is 43.4 Å². The molecule has 2 aliphatic heterocycles. The van der Waals surface area contributed by atoms with Crippen molar-refractivity contribution in [2.75, 3.05) is 78.9 Å². The van der Waals surface area contributed by atoms with Gasteiger partial charge in [0.15, 0.2) is 0 Å². The maximum Gasteiger partial charge on any atom is 0.119 e. The summed E-state index contributed by atoms with van der Waals surface area (Å²) < 4.78 is 22.5. The maximum absolute atomic E-state index is 5.90. The minimum atomic E-state index is 0.704. The predicted molar refractivity (Wildman–Crippen MR) is 117 cm³/mol. The molecule has 2 saturated heterocycles. The Morgan fingerprint density at radius 3 is 1.30 bits per heavy atom. The van der Waals surface area contributed by atoms with Crippen LogP contribution in [-0.2, 0) is 9.47 Å². The molecule has 0 saturated carbocycles. The molecule has 2 aromatic carbocycles. The van der Waals surface area contributed by atoms with Crippen LogP contribution < -0.4 is 9.47 Å². The van der Waals surface area contributed by atoms with E-state index < -0.39 is 0 Å². The van der Waals surface area contributed by atoms with E-state index in [4.69, 9.17) is 18.9 Å². The molecule has 2 heterocycles. The third kappa shape index (κ3) is 6.44. The number of morpholine rings is 2. The maximum atomic E-state index is 5.90. The van der Waals surface area contributed by atoms with Crippen LogP contribution in [0.5, 0.6) is 11.5 Å². The lowest BCUT2D eigenvalue weighted by atomic mass is 10.1. The molecule has 0 bridgehead atoms. The second-order valence-corrected chi connectivity index (χ2v) is 7.65. The van der Waals surface area contributed by atoms with Crippen molar-refractivity contribution in [1.29, 1.82) is 0 Å². The second kappa shape index (κ2) is 11.3. The largest absolute Gasteiger partial charge is 0.492 e. The summed E-state index contributed by atoms with van der Waals surface area (Å²) >= 11 is 0. The zero-order valence-corrected chi connectivity index (χ0v) is 17.6. The molecule has 162 valence electrons. The van der Waals surface area contributed by atoms with Gasteiger partial charge in [-0.05, 0) is 35.4 Å². The van der Waals surface area contributed by atoms with Gasteiger partial charge in [-0.25, -0.2) is 0 Å². The SMILES string of the molecule is c1cc(-c2ccc(OCCN3CCOCC3)cc2)ccc1OCCN1CCOCC1. The molecule has 0 aromatic heterocycles. The molecule has 0 aliphatic carbocycles. The highest BCUT2D eigenvalue weighted by atomic mass is 16.5. The molecular formula is C24H32N2O4. The molecule has 0 N–H and O–H groups in total. The molecule has 0 amide bonds. The summed E-state index contributed by atoms with van der Waals surface area (Å²) in [4.78, 5) is 4.75. The van der Waals surface area contributed by atoms with Gasteiger partial charge >= 0.3 is 0 Å². The molecule has 2 fully saturated rings. The standard InChI is InChI=1S/C24H32N2O4/c1-5-23(29-19-13-25-9-15-27-16-10-25)6-2-21(1)22-3-7-24(8-4-22)30-20-14-26-11-17-28-18-12-26/h1-8H,9-20H2. The van der Waals surface area contributed by atoms with E-state index in [-0.39, 0.29) is 0 Å². The fraction of sp³-hybridized carbons (Fsp3) is 0.500. The van der Waals surface area contributed by atoms with E-state index >= 15 is 0 Å². The van der Waals surface area contributed by atoms with Gasteiger partial charge in [0.1, 0.15) is 24.7 Å². The summed E-state index contributed by atoms with van der Waals surface area (Å²) in [6, 6.07) is 16.6. The van der Waals surface area contributed by atoms with Gasteiger partial charge in [-0.1, -0.05) is 24.3 Å². The Morgan fingerprint density at radius 2 is 0.933 bits per heavy atom. The fourth-order valence-electron chi connectivity index (χ4n) is 3.72. The first-order chi connectivity index (χ1) is 14.9. The third-order valence-electron chi connectivity index (χ3n) is 5.60. The summed E-state index contributed by atoms with van der Waals surface area (Å²) in [7, 11) is 0. The van der Waals surface area contributed by atoms with Crippen molar-refractivity contribution < 1.29 is 18.9 Å². The molecular weight excluding hydrogens is 380 g/mol. The second-order valence-electron chi connectivity index (χ2n) is 7.65. The Kier molecular flexibility index (Phi) is 7.97. The van der Waals surface area contributed by atoms with Crippen LogP contribution in [0.15, 0.2) is 48.5 Å². The molecule has 0 spiro atoms. The molecule has 30 heavy (non-hydrogen) atoms. The monoisotopic (exact) mass is 412 g/mol. The van der Waals surface area contributed by atoms with Gasteiger partial charge in [-0.15, -0.1) is 0 Å². The molecule has 4 rings (SSSR count). The molecule has 2 aromatic rings. The third-order valence-corrected chi connectivity index (χ3v) is 5.60. The number of hydrogen-bond donors (Lipinski definition) is 0. The summed E-state index contributed by atoms with van der Waals surface area (Å²) in [6.07, 6.45) is 0. The first-order valence-corrected chi connectivity index (χ1v) is 10.9. The van der Waals surface area contributed by atoms with Crippen LogP contribution in [0.25, 0.3) is 11.1 Å². The molecule has 2 aliphatic rings. The van der Waals surface area contributed by atoms with Crippen LogP contribution in [0.2, 0.25) is 0 Å². The normalized spacial score (nSPS) is 18.3. The van der Waals surface area contributed by atoms with Crippen molar-refractivity contribution in [2.45, 2.75) is 0 Å². The van der Waals surface area contributed by atoms with Gasteiger partial charge in [0.2, 0.25) is 0 Å². The van der Waals surface area contributed by atoms with Crippen molar-refractivity contribution in [1.82, 2.24) is 9.80 Å². The Bertz CT molecular complexity index is 673. The summed E-state index contributed by atoms with van der Waals surface area (Å²) in [5.41, 5.74) is 2.35. The van der Waals surface area contributed by atoms with E-state index in [1.165, 1.54) is 11.1 Å². The van der Waals surface area contributed by atoms with Crippen molar-refractivity contribution in [3.8, 4) is 22.6 Å². The van der Waals surface area contributed by atoms with Crippen LogP contribution in [-0.4, -0.2) is 88.7 Å². The van der Waals surface area contributed by atoms with E-state index in [1.54, 1.807) is 0 Å². The quantitative estimate of drug-likeness (QED) is 0.631. The average Bonchev–Trinajstić information content (AvgIpc) is 2.82. The first-order valence-electron chi connectivity index (χ1n) is 10.9. The van der Waals surface area contributed by atoms with Crippen molar-refractivity contribution >= 4 is 0 Å². The van der Waals surface area contributed by atoms with Gasteiger partial charge in [0, 0.05) is 39.3 Å². The highest BCUT2D eigenvalue weighted by Crippen LogP contribution is 2.24. The van der Waals surface area contributed by atoms with Crippen molar-refractivity contribution in [3.05, 3.63) is 48.5 Å². The zero-order chi connectivity index (χ0) is 20.4. The number of hydrogen-bond acceptors (Lipinski definition) is 6. The molecule has 6 heteroatoms. The number of benzene rings is 2. The Hall–Kier alpha value is -2.12. The van der Waals surface area contributed by atoms with E-state index in [1.807, 2.05) is 24.3 Å². The Labute approximate surface area is 179 Å². The minimum Gasteiger partial charge on any atom is -0.492 e. The lowest BCUT2D eigenvalue weighted by Gasteiger charge is -2.26. The minimum absolute atomic E-state index is 0.704. The van der Waals surface area contributed by atoms with Crippen molar-refractivity contribution in [3.63, 3.8) is 0 Å². The average molecular weight is 413 g/mol. The first kappa shape index (κ1) is 21.1. The molecule has 0 radical (unpaired) electrons. The lowest BCUT2D eigenvalue weighted by molar-refractivity contribution is 0.0321. The van der Waals surface area contributed by atoms with Crippen LogP contribution in [0.1, 0.15) is 0 Å². The summed E-state index contributed by atoms with van der Waals surface area (Å²) in [5.74, 6) is 1.82. The van der Waals surface area contributed by atoms with Crippen LogP contribution in [0, 0.1) is 0 Å². The summed E-state index contributed by atoms with van der Waals surface area (Å²) in [5, 5.41) is 0. The predicted octanol–water partition coefficient (Wildman–Crippen LogP) is 2.78. The van der Waals surface area contributed by atoms with Gasteiger partial charge in [-0.3, -0.25) is 9.80 Å². The number of ether oxygens (including phenoxy) is 4. The van der Waals surface area contributed by atoms with E-state index in [9.17, 15) is 0 Å². The van der Waals surface area contributed by atoms with Crippen molar-refractivity contribution in [2.24, 2.45) is 0 Å².